The molecule has 4 rings (SSSR count). The van der Waals surface area contributed by atoms with E-state index in [0.717, 1.165) is 5.69 Å². The van der Waals surface area contributed by atoms with E-state index in [4.69, 9.17) is 19.3 Å². The molecule has 4 aromatic rings. The number of benzene rings is 1. The Labute approximate surface area is 268 Å². The zero-order chi connectivity index (χ0) is 34.1. The summed E-state index contributed by atoms with van der Waals surface area (Å²) in [4.78, 5) is 34.1. The van der Waals surface area contributed by atoms with Gasteiger partial charge in [0, 0.05) is 55.2 Å². The fourth-order valence-electron chi connectivity index (χ4n) is 4.59. The van der Waals surface area contributed by atoms with Crippen molar-refractivity contribution in [2.75, 3.05) is 37.9 Å². The van der Waals surface area contributed by atoms with Crippen molar-refractivity contribution >= 4 is 31.5 Å². The lowest BCUT2D eigenvalue weighted by molar-refractivity contribution is -0.138. The predicted molar refractivity (Wildman–Crippen MR) is 165 cm³/mol. The number of aliphatic hydroxyl groups excluding tert-OH is 1. The molecule has 18 heteroatoms. The molecule has 0 aliphatic rings. The van der Waals surface area contributed by atoms with Crippen molar-refractivity contribution in [3.05, 3.63) is 70.9 Å². The van der Waals surface area contributed by atoms with Crippen LogP contribution in [0, 0.1) is 6.92 Å². The van der Waals surface area contributed by atoms with E-state index < -0.39 is 25.9 Å². The molecule has 0 bridgehead atoms. The number of aromatic nitrogens is 5. The summed E-state index contributed by atoms with van der Waals surface area (Å²) in [5.41, 5.74) is 1.86. The highest BCUT2D eigenvalue weighted by Gasteiger charge is 2.35. The summed E-state index contributed by atoms with van der Waals surface area (Å²) in [6.07, 6.45) is -2.08. The minimum atomic E-state index is -4.73. The lowest BCUT2D eigenvalue weighted by Gasteiger charge is -2.16. The SMILES string of the molecule is CNC(=O)c1nc(-c2cnn(CCCO)c2C)ccc1NCCc1nc(Nc2ccc(CO[P+](=O)O)cc2OC)ncc1C(F)(F)F. The Hall–Kier alpha value is -4.70. The second kappa shape index (κ2) is 15.7. The minimum absolute atomic E-state index is 0.0166. The summed E-state index contributed by atoms with van der Waals surface area (Å²) in [5.74, 6) is -0.349. The van der Waals surface area contributed by atoms with Crippen LogP contribution in [0.2, 0.25) is 0 Å². The quantitative estimate of drug-likeness (QED) is 0.112. The van der Waals surface area contributed by atoms with Crippen molar-refractivity contribution in [1.82, 2.24) is 30.0 Å². The van der Waals surface area contributed by atoms with Gasteiger partial charge in [0.25, 0.3) is 5.91 Å². The first-order valence-electron chi connectivity index (χ1n) is 14.2. The van der Waals surface area contributed by atoms with Crippen LogP contribution in [0.25, 0.3) is 11.3 Å². The van der Waals surface area contributed by atoms with Crippen LogP contribution >= 0.6 is 8.25 Å². The second-order valence-corrected chi connectivity index (χ2v) is 10.7. The van der Waals surface area contributed by atoms with E-state index in [1.807, 2.05) is 6.92 Å². The van der Waals surface area contributed by atoms with E-state index in [0.29, 0.717) is 47.4 Å². The van der Waals surface area contributed by atoms with Crippen molar-refractivity contribution in [2.24, 2.45) is 0 Å². The molecule has 3 aromatic heterocycles. The van der Waals surface area contributed by atoms with Gasteiger partial charge in [0.05, 0.1) is 41.6 Å². The standard InChI is InChI=1S/C29H32F3N8O6P/c1-17-19(14-36-40(17)11-4-12-41)21-7-8-24(26(37-21)27(42)33-2)34-10-9-22-20(29(30,31)32)15-35-28(38-22)39-23-6-5-18(13-25(23)45-3)16-46-47(43)44/h5-8,13-15,41H,4,9-12,16H2,1-3H3,(H3-,33,34,35,38,39,42,43,44)/p+1. The minimum Gasteiger partial charge on any atom is -0.495 e. The van der Waals surface area contributed by atoms with Crippen LogP contribution in [0.3, 0.4) is 0 Å². The molecular formula is C29H33F3N8O6P+. The molecule has 1 amide bonds. The van der Waals surface area contributed by atoms with Crippen molar-refractivity contribution in [3.63, 3.8) is 0 Å². The number of amides is 1. The maximum Gasteiger partial charge on any atom is 0.695 e. The summed E-state index contributed by atoms with van der Waals surface area (Å²) >= 11 is 0. The van der Waals surface area contributed by atoms with Crippen LogP contribution in [0.15, 0.2) is 42.7 Å². The highest BCUT2D eigenvalue weighted by molar-refractivity contribution is 7.32. The van der Waals surface area contributed by atoms with Gasteiger partial charge in [-0.3, -0.25) is 9.48 Å². The summed E-state index contributed by atoms with van der Waals surface area (Å²) in [6, 6.07) is 7.95. The van der Waals surface area contributed by atoms with Crippen LogP contribution in [0.1, 0.15) is 39.4 Å². The highest BCUT2D eigenvalue weighted by atomic mass is 31.1. The third-order valence-electron chi connectivity index (χ3n) is 6.95. The Bertz CT molecular complexity index is 1740. The molecule has 47 heavy (non-hydrogen) atoms. The molecule has 0 spiro atoms. The van der Waals surface area contributed by atoms with Crippen molar-refractivity contribution in [2.45, 2.75) is 39.1 Å². The number of methoxy groups -OCH3 is 1. The van der Waals surface area contributed by atoms with Crippen molar-refractivity contribution < 1.29 is 41.8 Å². The lowest BCUT2D eigenvalue weighted by Crippen LogP contribution is -2.22. The van der Waals surface area contributed by atoms with Crippen LogP contribution in [0.5, 0.6) is 5.75 Å². The molecule has 250 valence electrons. The summed E-state index contributed by atoms with van der Waals surface area (Å²) < 4.78 is 64.3. The van der Waals surface area contributed by atoms with Gasteiger partial charge in [-0.05, 0) is 43.2 Å². The molecule has 0 aliphatic carbocycles. The Morgan fingerprint density at radius 3 is 2.57 bits per heavy atom. The largest absolute Gasteiger partial charge is 0.695 e. The molecule has 1 aromatic carbocycles. The first kappa shape index (κ1) is 35.2. The van der Waals surface area contributed by atoms with Crippen LogP contribution in [-0.4, -0.2) is 67.9 Å². The summed E-state index contributed by atoms with van der Waals surface area (Å²) in [7, 11) is 0.0228. The number of carbonyl (C=O) groups is 1. The molecule has 14 nitrogen and oxygen atoms in total. The number of hydrogen-bond acceptors (Lipinski definition) is 11. The Balaban J connectivity index is 1.55. The van der Waals surface area contributed by atoms with Crippen LogP contribution < -0.4 is 20.7 Å². The van der Waals surface area contributed by atoms with Gasteiger partial charge in [0.15, 0.2) is 5.69 Å². The molecule has 3 heterocycles. The number of hydrogen-bond donors (Lipinski definition) is 5. The summed E-state index contributed by atoms with van der Waals surface area (Å²) in [5, 5.41) is 21.8. The summed E-state index contributed by atoms with van der Waals surface area (Å²) in [6.45, 7) is 2.18. The number of anilines is 3. The number of carbonyl (C=O) groups excluding carboxylic acids is 1. The molecule has 0 fully saturated rings. The molecule has 1 unspecified atom stereocenters. The van der Waals surface area contributed by atoms with Gasteiger partial charge in [-0.15, -0.1) is 9.42 Å². The van der Waals surface area contributed by atoms with Crippen LogP contribution in [0.4, 0.5) is 30.5 Å². The number of rotatable bonds is 15. The van der Waals surface area contributed by atoms with Gasteiger partial charge in [0.2, 0.25) is 5.95 Å². The molecule has 0 aliphatic heterocycles. The van der Waals surface area contributed by atoms with E-state index in [1.165, 1.54) is 20.2 Å². The van der Waals surface area contributed by atoms with E-state index in [9.17, 15) is 22.5 Å². The maximum absolute atomic E-state index is 13.9. The van der Waals surface area contributed by atoms with Gasteiger partial charge >= 0.3 is 14.4 Å². The van der Waals surface area contributed by atoms with Gasteiger partial charge < -0.3 is 25.8 Å². The van der Waals surface area contributed by atoms with Gasteiger partial charge in [-0.1, -0.05) is 6.07 Å². The number of alkyl halides is 3. The molecule has 0 saturated heterocycles. The molecule has 0 saturated carbocycles. The monoisotopic (exact) mass is 677 g/mol. The molecule has 5 N–H and O–H groups in total. The second-order valence-electron chi connectivity index (χ2n) is 10.0. The lowest BCUT2D eigenvalue weighted by atomic mass is 10.1. The number of halogens is 3. The van der Waals surface area contributed by atoms with Gasteiger partial charge in [0.1, 0.15) is 12.4 Å². The number of aliphatic hydroxyl groups is 1. The molecule has 1 atom stereocenters. The number of nitrogens with one attached hydrogen (secondary N) is 3. The zero-order valence-electron chi connectivity index (χ0n) is 25.6. The fourth-order valence-corrected chi connectivity index (χ4v) is 4.85. The smallest absolute Gasteiger partial charge is 0.495 e. The Morgan fingerprint density at radius 2 is 1.89 bits per heavy atom. The number of nitrogens with zero attached hydrogens (tertiary/aromatic N) is 5. The third kappa shape index (κ3) is 8.98. The average molecular weight is 678 g/mol. The average Bonchev–Trinajstić information content (AvgIpc) is 3.42. The zero-order valence-corrected chi connectivity index (χ0v) is 26.5. The first-order chi connectivity index (χ1) is 22.4. The normalized spacial score (nSPS) is 11.7. The number of ether oxygens (including phenoxy) is 1. The number of pyridine rings is 1. The predicted octanol–water partition coefficient (Wildman–Crippen LogP) is 4.38. The Morgan fingerprint density at radius 1 is 1.13 bits per heavy atom. The fraction of sp³-hybridized carbons (Fsp3) is 0.345. The van der Waals surface area contributed by atoms with E-state index in [2.05, 4.69) is 36.0 Å². The van der Waals surface area contributed by atoms with Crippen molar-refractivity contribution in [1.29, 1.82) is 0 Å². The van der Waals surface area contributed by atoms with Crippen LogP contribution in [-0.2, 0) is 34.8 Å². The van der Waals surface area contributed by atoms with E-state index >= 15 is 0 Å². The Kier molecular flexibility index (Phi) is 11.8. The van der Waals surface area contributed by atoms with Crippen molar-refractivity contribution in [3.8, 4) is 17.0 Å². The van der Waals surface area contributed by atoms with Gasteiger partial charge in [-0.25, -0.2) is 15.0 Å². The van der Waals surface area contributed by atoms with E-state index in [1.54, 1.807) is 35.1 Å². The highest BCUT2D eigenvalue weighted by Crippen LogP contribution is 2.34. The maximum atomic E-state index is 13.9. The first-order valence-corrected chi connectivity index (χ1v) is 15.3. The van der Waals surface area contributed by atoms with Gasteiger partial charge in [-0.2, -0.15) is 18.3 Å². The third-order valence-corrected chi connectivity index (χ3v) is 7.30. The topological polar surface area (TPSA) is 186 Å². The molecule has 0 radical (unpaired) electrons. The van der Waals surface area contributed by atoms with E-state index in [-0.39, 0.29) is 49.3 Å². The number of aryl methyl sites for hydroxylation is 1. The molecular weight excluding hydrogens is 644 g/mol.